The Labute approximate surface area is 89.4 Å². The topological polar surface area (TPSA) is 52.0 Å². The molecule has 0 aromatic rings. The summed E-state index contributed by atoms with van der Waals surface area (Å²) in [5.41, 5.74) is 11.8. The molecule has 0 aromatic heterocycles. The largest absolute Gasteiger partial charge is 0.330 e. The highest BCUT2D eigenvalue weighted by Gasteiger charge is 2.23. The first-order valence-electron chi connectivity index (χ1n) is 5.94. The fourth-order valence-electron chi connectivity index (χ4n) is 2.03. The second-order valence-corrected chi connectivity index (χ2v) is 5.01. The van der Waals surface area contributed by atoms with E-state index in [2.05, 4.69) is 27.7 Å². The van der Waals surface area contributed by atoms with Crippen molar-refractivity contribution in [3.63, 3.8) is 0 Å². The van der Waals surface area contributed by atoms with Crippen LogP contribution in [0.2, 0.25) is 0 Å². The SMILES string of the molecule is CCC(CN)CCC(CC)C(C)(C)N. The summed E-state index contributed by atoms with van der Waals surface area (Å²) >= 11 is 0. The van der Waals surface area contributed by atoms with Gasteiger partial charge < -0.3 is 11.5 Å². The van der Waals surface area contributed by atoms with Gasteiger partial charge in [0.05, 0.1) is 0 Å². The summed E-state index contributed by atoms with van der Waals surface area (Å²) in [5.74, 6) is 1.31. The average Bonchev–Trinajstić information content (AvgIpc) is 2.10. The van der Waals surface area contributed by atoms with Crippen molar-refractivity contribution in [2.45, 2.75) is 58.9 Å². The summed E-state index contributed by atoms with van der Waals surface area (Å²) in [4.78, 5) is 0. The average molecular weight is 200 g/mol. The molecule has 14 heavy (non-hydrogen) atoms. The first-order valence-corrected chi connectivity index (χ1v) is 5.94. The summed E-state index contributed by atoms with van der Waals surface area (Å²) in [6, 6.07) is 0. The minimum Gasteiger partial charge on any atom is -0.330 e. The van der Waals surface area contributed by atoms with Crippen molar-refractivity contribution in [1.29, 1.82) is 0 Å². The molecule has 2 atom stereocenters. The van der Waals surface area contributed by atoms with Crippen molar-refractivity contribution in [3.05, 3.63) is 0 Å². The Morgan fingerprint density at radius 1 is 1.07 bits per heavy atom. The Morgan fingerprint density at radius 2 is 1.64 bits per heavy atom. The van der Waals surface area contributed by atoms with Crippen LogP contribution in [0.15, 0.2) is 0 Å². The van der Waals surface area contributed by atoms with E-state index in [0.29, 0.717) is 11.8 Å². The maximum absolute atomic E-state index is 6.13. The van der Waals surface area contributed by atoms with Crippen LogP contribution in [0.25, 0.3) is 0 Å². The quantitative estimate of drug-likeness (QED) is 0.663. The van der Waals surface area contributed by atoms with E-state index in [0.717, 1.165) is 6.54 Å². The van der Waals surface area contributed by atoms with Crippen LogP contribution in [-0.4, -0.2) is 12.1 Å². The summed E-state index contributed by atoms with van der Waals surface area (Å²) in [6.07, 6.45) is 4.81. The van der Waals surface area contributed by atoms with Crippen LogP contribution in [-0.2, 0) is 0 Å². The maximum atomic E-state index is 6.13. The summed E-state index contributed by atoms with van der Waals surface area (Å²) in [6.45, 7) is 9.52. The molecular formula is C12H28N2. The monoisotopic (exact) mass is 200 g/mol. The first-order chi connectivity index (χ1) is 6.45. The Balaban J connectivity index is 3.95. The highest BCUT2D eigenvalue weighted by atomic mass is 14.7. The predicted octanol–water partition coefficient (Wildman–Crippen LogP) is 2.52. The number of hydrogen-bond acceptors (Lipinski definition) is 2. The zero-order valence-electron chi connectivity index (χ0n) is 10.3. The fraction of sp³-hybridized carbons (Fsp3) is 1.00. The van der Waals surface area contributed by atoms with Gasteiger partial charge in [-0.3, -0.25) is 0 Å². The molecule has 2 heteroatoms. The number of hydrogen-bond donors (Lipinski definition) is 2. The first kappa shape index (κ1) is 13.9. The second-order valence-electron chi connectivity index (χ2n) is 5.01. The fourth-order valence-corrected chi connectivity index (χ4v) is 2.03. The van der Waals surface area contributed by atoms with Gasteiger partial charge in [0, 0.05) is 5.54 Å². The third kappa shape index (κ3) is 4.97. The molecule has 0 fully saturated rings. The molecule has 0 aromatic carbocycles. The van der Waals surface area contributed by atoms with E-state index >= 15 is 0 Å². The molecule has 2 unspecified atom stereocenters. The van der Waals surface area contributed by atoms with Crippen molar-refractivity contribution in [3.8, 4) is 0 Å². The molecule has 86 valence electrons. The lowest BCUT2D eigenvalue weighted by atomic mass is 9.81. The van der Waals surface area contributed by atoms with Crippen LogP contribution in [0.5, 0.6) is 0 Å². The van der Waals surface area contributed by atoms with Crippen LogP contribution in [0.4, 0.5) is 0 Å². The summed E-state index contributed by atoms with van der Waals surface area (Å²) in [7, 11) is 0. The summed E-state index contributed by atoms with van der Waals surface area (Å²) < 4.78 is 0. The lowest BCUT2D eigenvalue weighted by molar-refractivity contribution is 0.268. The third-order valence-electron chi connectivity index (χ3n) is 3.38. The van der Waals surface area contributed by atoms with Gasteiger partial charge in [-0.05, 0) is 45.1 Å². The third-order valence-corrected chi connectivity index (χ3v) is 3.38. The van der Waals surface area contributed by atoms with Crippen molar-refractivity contribution < 1.29 is 0 Å². The number of rotatable bonds is 7. The van der Waals surface area contributed by atoms with E-state index in [1.54, 1.807) is 0 Å². The molecule has 4 N–H and O–H groups in total. The zero-order chi connectivity index (χ0) is 11.2. The van der Waals surface area contributed by atoms with Crippen LogP contribution < -0.4 is 11.5 Å². The molecule has 0 saturated carbocycles. The van der Waals surface area contributed by atoms with Crippen LogP contribution in [0.3, 0.4) is 0 Å². The molecule has 2 nitrogen and oxygen atoms in total. The summed E-state index contributed by atoms with van der Waals surface area (Å²) in [5, 5.41) is 0. The Hall–Kier alpha value is -0.0800. The lowest BCUT2D eigenvalue weighted by Crippen LogP contribution is -2.40. The second kappa shape index (κ2) is 6.41. The highest BCUT2D eigenvalue weighted by Crippen LogP contribution is 2.25. The van der Waals surface area contributed by atoms with Crippen molar-refractivity contribution in [2.24, 2.45) is 23.3 Å². The van der Waals surface area contributed by atoms with E-state index in [-0.39, 0.29) is 5.54 Å². The Bertz CT molecular complexity index is 134. The molecule has 0 amide bonds. The van der Waals surface area contributed by atoms with Gasteiger partial charge in [-0.25, -0.2) is 0 Å². The van der Waals surface area contributed by atoms with Gasteiger partial charge in [0.2, 0.25) is 0 Å². The van der Waals surface area contributed by atoms with Crippen molar-refractivity contribution in [1.82, 2.24) is 0 Å². The molecule has 0 bridgehead atoms. The standard InChI is InChI=1S/C12H28N2/c1-5-10(9-13)7-8-11(6-2)12(3,4)14/h10-11H,5-9,13-14H2,1-4H3. The van der Waals surface area contributed by atoms with E-state index in [1.165, 1.54) is 25.7 Å². The van der Waals surface area contributed by atoms with Gasteiger partial charge in [-0.15, -0.1) is 0 Å². The molecule has 0 spiro atoms. The molecule has 0 aliphatic rings. The molecule has 0 aliphatic heterocycles. The maximum Gasteiger partial charge on any atom is 0.0125 e. The minimum atomic E-state index is -0.0400. The van der Waals surface area contributed by atoms with Crippen molar-refractivity contribution in [2.75, 3.05) is 6.54 Å². The van der Waals surface area contributed by atoms with E-state index in [1.807, 2.05) is 0 Å². The van der Waals surface area contributed by atoms with Crippen molar-refractivity contribution >= 4 is 0 Å². The van der Waals surface area contributed by atoms with Crippen LogP contribution in [0, 0.1) is 11.8 Å². The van der Waals surface area contributed by atoms with Crippen LogP contribution in [0.1, 0.15) is 53.4 Å². The van der Waals surface area contributed by atoms with E-state index < -0.39 is 0 Å². The normalized spacial score (nSPS) is 16.7. The predicted molar refractivity (Wildman–Crippen MR) is 64.1 cm³/mol. The molecule has 0 rings (SSSR count). The van der Waals surface area contributed by atoms with Gasteiger partial charge in [0.1, 0.15) is 0 Å². The molecular weight excluding hydrogens is 172 g/mol. The molecule has 0 radical (unpaired) electrons. The van der Waals surface area contributed by atoms with Gasteiger partial charge in [-0.1, -0.05) is 26.7 Å². The van der Waals surface area contributed by atoms with E-state index in [9.17, 15) is 0 Å². The zero-order valence-corrected chi connectivity index (χ0v) is 10.3. The van der Waals surface area contributed by atoms with Gasteiger partial charge in [-0.2, -0.15) is 0 Å². The molecule has 0 aliphatic carbocycles. The van der Waals surface area contributed by atoms with Gasteiger partial charge in [0.15, 0.2) is 0 Å². The van der Waals surface area contributed by atoms with Gasteiger partial charge in [0.25, 0.3) is 0 Å². The lowest BCUT2D eigenvalue weighted by Gasteiger charge is -2.30. The highest BCUT2D eigenvalue weighted by molar-refractivity contribution is 4.81. The minimum absolute atomic E-state index is 0.0400. The van der Waals surface area contributed by atoms with Crippen LogP contribution >= 0.6 is 0 Å². The Kier molecular flexibility index (Phi) is 6.38. The number of nitrogens with two attached hydrogens (primary N) is 2. The van der Waals surface area contributed by atoms with Gasteiger partial charge >= 0.3 is 0 Å². The molecule has 0 saturated heterocycles. The Morgan fingerprint density at radius 3 is 1.93 bits per heavy atom. The smallest absolute Gasteiger partial charge is 0.0125 e. The van der Waals surface area contributed by atoms with E-state index in [4.69, 9.17) is 11.5 Å². The molecule has 0 heterocycles.